The molecule has 1 aliphatic heterocycles. The molecule has 2 fully saturated rings. The fourth-order valence-electron chi connectivity index (χ4n) is 3.81. The third kappa shape index (κ3) is 3.07. The van der Waals surface area contributed by atoms with E-state index >= 15 is 0 Å². The van der Waals surface area contributed by atoms with Gasteiger partial charge in [0.05, 0.1) is 12.0 Å². The summed E-state index contributed by atoms with van der Waals surface area (Å²) in [4.78, 5) is 12.0. The van der Waals surface area contributed by atoms with Crippen LogP contribution in [0.25, 0.3) is 0 Å². The molecule has 3 unspecified atom stereocenters. The van der Waals surface area contributed by atoms with Crippen LogP contribution in [0.2, 0.25) is 0 Å². The minimum atomic E-state index is 0.0684. The van der Waals surface area contributed by atoms with Gasteiger partial charge in [0.15, 0.2) is 0 Å². The molecule has 0 aromatic carbocycles. The number of ether oxygens (including phenoxy) is 1. The highest BCUT2D eigenvalue weighted by Crippen LogP contribution is 2.40. The lowest BCUT2D eigenvalue weighted by atomic mass is 9.70. The summed E-state index contributed by atoms with van der Waals surface area (Å²) in [6.07, 6.45) is 8.91. The normalized spacial score (nSPS) is 39.2. The molecule has 1 saturated heterocycles. The van der Waals surface area contributed by atoms with Crippen molar-refractivity contribution in [1.29, 1.82) is 0 Å². The minimum absolute atomic E-state index is 0.0684. The summed E-state index contributed by atoms with van der Waals surface area (Å²) in [6.45, 7) is 6.58. The van der Waals surface area contributed by atoms with E-state index in [1.165, 1.54) is 32.1 Å². The smallest absolute Gasteiger partial charge is 0.309 e. The van der Waals surface area contributed by atoms with Gasteiger partial charge in [-0.1, -0.05) is 33.1 Å². The van der Waals surface area contributed by atoms with Crippen LogP contribution in [0.15, 0.2) is 0 Å². The van der Waals surface area contributed by atoms with E-state index in [4.69, 9.17) is 4.74 Å². The third-order valence-electron chi connectivity index (χ3n) is 5.35. The molecule has 1 saturated carbocycles. The highest BCUT2D eigenvalue weighted by molar-refractivity contribution is 5.73. The first-order valence-corrected chi connectivity index (χ1v) is 7.82. The topological polar surface area (TPSA) is 26.3 Å². The van der Waals surface area contributed by atoms with Gasteiger partial charge in [-0.15, -0.1) is 0 Å². The molecular formula is C16H28O2. The van der Waals surface area contributed by atoms with E-state index in [0.29, 0.717) is 5.92 Å². The van der Waals surface area contributed by atoms with E-state index in [-0.39, 0.29) is 18.0 Å². The first-order chi connectivity index (χ1) is 8.61. The molecule has 2 heteroatoms. The number of hydrogen-bond donors (Lipinski definition) is 0. The van der Waals surface area contributed by atoms with Gasteiger partial charge in [-0.05, 0) is 50.4 Å². The van der Waals surface area contributed by atoms with Crippen molar-refractivity contribution in [2.24, 2.45) is 23.7 Å². The fraction of sp³-hybridized carbons (Fsp3) is 0.938. The summed E-state index contributed by atoms with van der Waals surface area (Å²) >= 11 is 0. The monoisotopic (exact) mass is 252 g/mol. The van der Waals surface area contributed by atoms with Crippen LogP contribution in [0.3, 0.4) is 0 Å². The summed E-state index contributed by atoms with van der Waals surface area (Å²) in [5, 5.41) is 0. The number of carbonyl (C=O) groups excluding carboxylic acids is 1. The Morgan fingerprint density at radius 1 is 1.17 bits per heavy atom. The van der Waals surface area contributed by atoms with Gasteiger partial charge in [0.25, 0.3) is 0 Å². The summed E-state index contributed by atoms with van der Waals surface area (Å²) in [7, 11) is 0. The Kier molecular flexibility index (Phi) is 4.69. The van der Waals surface area contributed by atoms with Crippen molar-refractivity contribution in [2.75, 3.05) is 0 Å². The predicted molar refractivity (Wildman–Crippen MR) is 73.2 cm³/mol. The lowest BCUT2D eigenvalue weighted by molar-refractivity contribution is -0.162. The van der Waals surface area contributed by atoms with E-state index in [0.717, 1.165) is 24.7 Å². The molecule has 0 aromatic rings. The fourth-order valence-corrected chi connectivity index (χ4v) is 3.81. The maximum atomic E-state index is 12.0. The highest BCUT2D eigenvalue weighted by Gasteiger charge is 2.36. The van der Waals surface area contributed by atoms with Crippen molar-refractivity contribution in [3.63, 3.8) is 0 Å². The Bertz CT molecular complexity index is 279. The van der Waals surface area contributed by atoms with Crippen LogP contribution < -0.4 is 0 Å². The molecule has 2 rings (SSSR count). The predicted octanol–water partition coefficient (Wildman–Crippen LogP) is 4.18. The van der Waals surface area contributed by atoms with E-state index in [1.807, 2.05) is 6.92 Å². The van der Waals surface area contributed by atoms with Gasteiger partial charge in [0.2, 0.25) is 0 Å². The summed E-state index contributed by atoms with van der Waals surface area (Å²) in [5.74, 6) is 2.44. The Hall–Kier alpha value is -0.530. The van der Waals surface area contributed by atoms with Gasteiger partial charge >= 0.3 is 5.97 Å². The Morgan fingerprint density at radius 3 is 2.39 bits per heavy atom. The molecule has 2 nitrogen and oxygen atoms in total. The number of carbonyl (C=O) groups is 1. The molecular weight excluding hydrogens is 224 g/mol. The van der Waals surface area contributed by atoms with Crippen molar-refractivity contribution >= 4 is 5.97 Å². The zero-order valence-electron chi connectivity index (χ0n) is 12.2. The second kappa shape index (κ2) is 6.08. The van der Waals surface area contributed by atoms with Crippen LogP contribution in [0.4, 0.5) is 0 Å². The molecule has 2 aliphatic rings. The lowest BCUT2D eigenvalue weighted by Gasteiger charge is -2.37. The molecule has 0 radical (unpaired) electrons. The van der Waals surface area contributed by atoms with Crippen molar-refractivity contribution < 1.29 is 9.53 Å². The largest absolute Gasteiger partial charge is 0.462 e. The van der Waals surface area contributed by atoms with Gasteiger partial charge in [-0.25, -0.2) is 0 Å². The van der Waals surface area contributed by atoms with Crippen LogP contribution in [0.1, 0.15) is 65.7 Å². The maximum absolute atomic E-state index is 12.0. The molecule has 0 aromatic heterocycles. The molecule has 1 heterocycles. The van der Waals surface area contributed by atoms with Crippen LogP contribution in [0, 0.1) is 23.7 Å². The highest BCUT2D eigenvalue weighted by atomic mass is 16.5. The van der Waals surface area contributed by atoms with E-state index in [2.05, 4.69) is 13.8 Å². The van der Waals surface area contributed by atoms with Gasteiger partial charge < -0.3 is 4.74 Å². The lowest BCUT2D eigenvalue weighted by Crippen LogP contribution is -2.36. The molecule has 104 valence electrons. The van der Waals surface area contributed by atoms with Crippen LogP contribution in [0.5, 0.6) is 0 Å². The third-order valence-corrected chi connectivity index (χ3v) is 5.35. The first-order valence-electron chi connectivity index (χ1n) is 7.82. The van der Waals surface area contributed by atoms with Crippen molar-refractivity contribution in [2.45, 2.75) is 71.8 Å². The molecule has 0 N–H and O–H groups in total. The average molecular weight is 252 g/mol. The van der Waals surface area contributed by atoms with Crippen molar-refractivity contribution in [3.05, 3.63) is 0 Å². The SMILES string of the molecule is CCC1CCC(C(C)C2CCC(C)OC2=O)CC1. The molecule has 18 heavy (non-hydrogen) atoms. The molecule has 0 bridgehead atoms. The van der Waals surface area contributed by atoms with Gasteiger partial charge in [-0.2, -0.15) is 0 Å². The second-order valence-electron chi connectivity index (χ2n) is 6.48. The molecule has 1 aliphatic carbocycles. The summed E-state index contributed by atoms with van der Waals surface area (Å²) < 4.78 is 5.41. The minimum Gasteiger partial charge on any atom is -0.462 e. The molecule has 0 spiro atoms. The first kappa shape index (κ1) is 13.9. The van der Waals surface area contributed by atoms with Crippen LogP contribution in [-0.2, 0) is 9.53 Å². The number of rotatable bonds is 3. The van der Waals surface area contributed by atoms with Crippen molar-refractivity contribution in [3.8, 4) is 0 Å². The van der Waals surface area contributed by atoms with Crippen LogP contribution >= 0.6 is 0 Å². The molecule has 0 amide bonds. The zero-order chi connectivity index (χ0) is 13.1. The number of cyclic esters (lactones) is 1. The van der Waals surface area contributed by atoms with Gasteiger partial charge in [-0.3, -0.25) is 4.79 Å². The maximum Gasteiger partial charge on any atom is 0.309 e. The van der Waals surface area contributed by atoms with Gasteiger partial charge in [0.1, 0.15) is 0 Å². The Morgan fingerprint density at radius 2 is 1.83 bits per heavy atom. The van der Waals surface area contributed by atoms with Crippen LogP contribution in [-0.4, -0.2) is 12.1 Å². The summed E-state index contributed by atoms with van der Waals surface area (Å²) in [6, 6.07) is 0. The van der Waals surface area contributed by atoms with Gasteiger partial charge in [0, 0.05) is 0 Å². The Labute approximate surface area is 111 Å². The Balaban J connectivity index is 1.87. The number of hydrogen-bond acceptors (Lipinski definition) is 2. The number of esters is 1. The van der Waals surface area contributed by atoms with E-state index in [1.54, 1.807) is 0 Å². The standard InChI is InChI=1S/C16H28O2/c1-4-13-6-8-14(9-7-13)12(3)15-10-5-11(2)18-16(15)17/h11-15H,4-10H2,1-3H3. The zero-order valence-corrected chi connectivity index (χ0v) is 12.2. The average Bonchev–Trinajstić information content (AvgIpc) is 2.38. The van der Waals surface area contributed by atoms with E-state index < -0.39 is 0 Å². The quantitative estimate of drug-likeness (QED) is 0.704. The molecule has 3 atom stereocenters. The van der Waals surface area contributed by atoms with E-state index in [9.17, 15) is 4.79 Å². The second-order valence-corrected chi connectivity index (χ2v) is 6.48. The van der Waals surface area contributed by atoms with Crippen molar-refractivity contribution in [1.82, 2.24) is 0 Å². The summed E-state index contributed by atoms with van der Waals surface area (Å²) in [5.41, 5.74) is 0.